The molecule has 0 N–H and O–H groups in total. The van der Waals surface area contributed by atoms with Crippen LogP contribution in [-0.2, 0) is 0 Å². The van der Waals surface area contributed by atoms with E-state index in [2.05, 4.69) is 24.6 Å². The average molecular weight is 217 g/mol. The first-order chi connectivity index (χ1) is 5.41. The van der Waals surface area contributed by atoms with Crippen molar-refractivity contribution in [3.63, 3.8) is 0 Å². The quantitative estimate of drug-likeness (QED) is 0.348. The van der Waals surface area contributed by atoms with Crippen LogP contribution >= 0.6 is 0 Å². The van der Waals surface area contributed by atoms with E-state index in [-0.39, 0.29) is 0 Å². The summed E-state index contributed by atoms with van der Waals surface area (Å²) in [5, 5.41) is 1.41. The van der Waals surface area contributed by atoms with Crippen LogP contribution in [-0.4, -0.2) is 15.0 Å². The maximum atomic E-state index is 3.66. The number of hydrogen-bond donors (Lipinski definition) is 0. The van der Waals surface area contributed by atoms with Crippen LogP contribution in [0.15, 0.2) is 23.7 Å². The molecule has 0 aliphatic heterocycles. The zero-order chi connectivity index (χ0) is 8.36. The molecule has 0 bridgehead atoms. The van der Waals surface area contributed by atoms with Crippen LogP contribution in [0, 0.1) is 0 Å². The van der Waals surface area contributed by atoms with Gasteiger partial charge in [0.2, 0.25) is 0 Å². The van der Waals surface area contributed by atoms with Gasteiger partial charge in [0.05, 0.1) is 0 Å². The van der Waals surface area contributed by atoms with Crippen LogP contribution in [0.5, 0.6) is 0 Å². The van der Waals surface area contributed by atoms with E-state index in [0.717, 1.165) is 21.4 Å². The topological polar surface area (TPSA) is 0 Å². The summed E-state index contributed by atoms with van der Waals surface area (Å²) >= 11 is 0.748. The molecule has 0 saturated heterocycles. The number of allylic oxidation sites excluding steroid dienone is 2. The van der Waals surface area contributed by atoms with E-state index in [4.69, 9.17) is 0 Å². The van der Waals surface area contributed by atoms with Crippen molar-refractivity contribution in [2.24, 2.45) is 0 Å². The van der Waals surface area contributed by atoms with Crippen molar-refractivity contribution in [2.45, 2.75) is 37.9 Å². The molecule has 11 heavy (non-hydrogen) atoms. The predicted octanol–water partition coefficient (Wildman–Crippen LogP) is 3.39. The van der Waals surface area contributed by atoms with E-state index in [1.165, 1.54) is 24.6 Å². The molecular formula is C10H18Se. The van der Waals surface area contributed by atoms with Crippen LogP contribution < -0.4 is 0 Å². The molecule has 0 nitrogen and oxygen atoms in total. The second-order valence-electron chi connectivity index (χ2n) is 2.47. The van der Waals surface area contributed by atoms with Crippen LogP contribution in [0.2, 0.25) is 5.32 Å². The second-order valence-corrected chi connectivity index (χ2v) is 4.60. The molecule has 0 fully saturated rings. The monoisotopic (exact) mass is 218 g/mol. The summed E-state index contributed by atoms with van der Waals surface area (Å²) in [5.74, 6) is 0. The zero-order valence-corrected chi connectivity index (χ0v) is 9.10. The van der Waals surface area contributed by atoms with Gasteiger partial charge < -0.3 is 0 Å². The average Bonchev–Trinajstić information content (AvgIpc) is 2.03. The summed E-state index contributed by atoms with van der Waals surface area (Å²) in [6.07, 6.45) is 9.35. The Morgan fingerprint density at radius 1 is 1.36 bits per heavy atom. The van der Waals surface area contributed by atoms with Gasteiger partial charge >= 0.3 is 76.6 Å². The molecule has 1 heteroatoms. The van der Waals surface area contributed by atoms with Crippen molar-refractivity contribution in [1.29, 1.82) is 0 Å². The van der Waals surface area contributed by atoms with E-state index in [1.807, 2.05) is 6.08 Å². The van der Waals surface area contributed by atoms with Crippen molar-refractivity contribution in [3.05, 3.63) is 23.7 Å². The Hall–Kier alpha value is -0.000519. The van der Waals surface area contributed by atoms with Gasteiger partial charge in [0, 0.05) is 0 Å². The molecule has 0 aromatic rings. The van der Waals surface area contributed by atoms with Crippen LogP contribution in [0.3, 0.4) is 0 Å². The molecule has 0 aliphatic carbocycles. The minimum atomic E-state index is 0.748. The van der Waals surface area contributed by atoms with Crippen molar-refractivity contribution in [1.82, 2.24) is 0 Å². The molecule has 0 heterocycles. The number of unbranched alkanes of at least 4 members (excludes halogenated alkanes) is 2. The van der Waals surface area contributed by atoms with Crippen LogP contribution in [0.4, 0.5) is 0 Å². The first kappa shape index (κ1) is 11.0. The summed E-state index contributed by atoms with van der Waals surface area (Å²) in [6, 6.07) is 0. The Morgan fingerprint density at radius 3 is 2.82 bits per heavy atom. The third-order valence-electron chi connectivity index (χ3n) is 1.36. The number of rotatable bonds is 7. The van der Waals surface area contributed by atoms with E-state index in [9.17, 15) is 0 Å². The zero-order valence-electron chi connectivity index (χ0n) is 7.38. The van der Waals surface area contributed by atoms with Crippen molar-refractivity contribution < 1.29 is 0 Å². The molecule has 0 atom stereocenters. The fraction of sp³-hybridized carbons (Fsp3) is 0.600. The summed E-state index contributed by atoms with van der Waals surface area (Å²) < 4.78 is 0. The van der Waals surface area contributed by atoms with Gasteiger partial charge in [-0.05, 0) is 0 Å². The van der Waals surface area contributed by atoms with Crippen LogP contribution in [0.1, 0.15) is 32.6 Å². The molecule has 0 saturated carbocycles. The molecule has 0 aromatic heterocycles. The summed E-state index contributed by atoms with van der Waals surface area (Å²) in [4.78, 5) is 2.32. The predicted molar refractivity (Wildman–Crippen MR) is 54.0 cm³/mol. The Bertz CT molecular complexity index is 105. The Morgan fingerprint density at radius 2 is 2.18 bits per heavy atom. The molecule has 0 aliphatic rings. The van der Waals surface area contributed by atoms with E-state index in [0.29, 0.717) is 0 Å². The Kier molecular flexibility index (Phi) is 10.00. The molecule has 64 valence electrons. The van der Waals surface area contributed by atoms with Gasteiger partial charge in [0.25, 0.3) is 0 Å². The Balaban J connectivity index is 2.94. The summed E-state index contributed by atoms with van der Waals surface area (Å²) in [7, 11) is 0. The van der Waals surface area contributed by atoms with E-state index in [1.54, 1.807) is 0 Å². The molecule has 0 spiro atoms. The number of hydrogen-bond acceptors (Lipinski definition) is 0. The molecular weight excluding hydrogens is 199 g/mol. The molecule has 0 aromatic carbocycles. The minimum absolute atomic E-state index is 0.748. The summed E-state index contributed by atoms with van der Waals surface area (Å²) in [6.45, 7) is 5.91. The van der Waals surface area contributed by atoms with E-state index >= 15 is 0 Å². The molecule has 0 unspecified atom stereocenters. The maximum absolute atomic E-state index is 3.66. The van der Waals surface area contributed by atoms with Gasteiger partial charge in [-0.25, -0.2) is 0 Å². The second kappa shape index (κ2) is 10.00. The van der Waals surface area contributed by atoms with Gasteiger partial charge in [0.1, 0.15) is 0 Å². The molecule has 0 rings (SSSR count). The first-order valence-corrected chi connectivity index (χ1v) is 6.49. The summed E-state index contributed by atoms with van der Waals surface area (Å²) in [5.41, 5.74) is 0. The standard InChI is InChI=1S/C10H18Se/c1-3-5-7-9-11-10-8-6-4-2/h3,7,9H,1,4-6,8,10H2,2H3. The van der Waals surface area contributed by atoms with Crippen molar-refractivity contribution in [2.75, 3.05) is 0 Å². The van der Waals surface area contributed by atoms with Crippen molar-refractivity contribution >= 4 is 15.0 Å². The molecule has 0 radical (unpaired) electrons. The van der Waals surface area contributed by atoms with Gasteiger partial charge in [0.15, 0.2) is 0 Å². The fourth-order valence-corrected chi connectivity index (χ4v) is 2.31. The molecule has 0 amide bonds. The van der Waals surface area contributed by atoms with Gasteiger partial charge in [-0.3, -0.25) is 0 Å². The van der Waals surface area contributed by atoms with Gasteiger partial charge in [-0.2, -0.15) is 0 Å². The fourth-order valence-electron chi connectivity index (χ4n) is 0.723. The first-order valence-electron chi connectivity index (χ1n) is 4.29. The Labute approximate surface area is 76.9 Å². The van der Waals surface area contributed by atoms with Crippen molar-refractivity contribution in [3.8, 4) is 0 Å². The third-order valence-corrected chi connectivity index (χ3v) is 3.27. The van der Waals surface area contributed by atoms with E-state index < -0.39 is 0 Å². The van der Waals surface area contributed by atoms with Gasteiger partial charge in [-0.1, -0.05) is 0 Å². The van der Waals surface area contributed by atoms with Gasteiger partial charge in [-0.15, -0.1) is 0 Å². The third kappa shape index (κ3) is 10.00. The SMILES string of the molecule is C=CCC=C[Se]CCCCC. The van der Waals surface area contributed by atoms with Crippen LogP contribution in [0.25, 0.3) is 0 Å². The normalized spacial score (nSPS) is 10.6.